The van der Waals surface area contributed by atoms with Gasteiger partial charge in [0.15, 0.2) is 0 Å². The smallest absolute Gasteiger partial charge is 0.309 e. The molecule has 0 fully saturated rings. The molecular formula is C28H25FN4O3. The van der Waals surface area contributed by atoms with Crippen molar-refractivity contribution >= 4 is 28.4 Å². The SMILES string of the molecule is COC(=O)[C@H](CC(=O)CCn1ccc2c(C3=CCc4ncc(F)cc43)ncnc21)Cc1ccccc1. The summed E-state index contributed by atoms with van der Waals surface area (Å²) in [5.74, 6) is -1.32. The van der Waals surface area contributed by atoms with Crippen LogP contribution in [0, 0.1) is 11.7 Å². The average molecular weight is 485 g/mol. The van der Waals surface area contributed by atoms with Crippen molar-refractivity contribution in [3.8, 4) is 0 Å². The summed E-state index contributed by atoms with van der Waals surface area (Å²) < 4.78 is 20.7. The Morgan fingerprint density at radius 1 is 1.14 bits per heavy atom. The number of allylic oxidation sites excluding steroid dienone is 1. The van der Waals surface area contributed by atoms with E-state index in [4.69, 9.17) is 4.74 Å². The zero-order valence-electron chi connectivity index (χ0n) is 19.9. The Bertz CT molecular complexity index is 1460. The molecule has 0 radical (unpaired) electrons. The van der Waals surface area contributed by atoms with Gasteiger partial charge in [-0.25, -0.2) is 14.4 Å². The van der Waals surface area contributed by atoms with Gasteiger partial charge in [0.25, 0.3) is 0 Å². The second-order valence-electron chi connectivity index (χ2n) is 8.84. The fourth-order valence-electron chi connectivity index (χ4n) is 4.72. The molecule has 1 atom stereocenters. The number of pyridine rings is 1. The number of methoxy groups -OCH3 is 1. The van der Waals surface area contributed by atoms with Crippen LogP contribution in [0.4, 0.5) is 4.39 Å². The van der Waals surface area contributed by atoms with Gasteiger partial charge in [0.2, 0.25) is 0 Å². The zero-order valence-corrected chi connectivity index (χ0v) is 19.9. The van der Waals surface area contributed by atoms with Crippen LogP contribution in [0.3, 0.4) is 0 Å². The molecule has 5 rings (SSSR count). The van der Waals surface area contributed by atoms with Crippen molar-refractivity contribution in [1.29, 1.82) is 0 Å². The standard InChI is InChI=1S/C28H25FN4O3/c1-36-28(35)19(13-18-5-3-2-4-6-18)14-21(34)9-11-33-12-10-23-26(31-17-32-27(23)33)22-7-8-25-24(22)15-20(29)16-30-25/h2-7,10,12,15-17,19H,8-9,11,13-14H2,1H3/t19-/m0/s1. The summed E-state index contributed by atoms with van der Waals surface area (Å²) in [7, 11) is 1.34. The maximum atomic E-state index is 13.8. The third-order valence-corrected chi connectivity index (χ3v) is 6.50. The van der Waals surface area contributed by atoms with E-state index < -0.39 is 5.92 Å². The van der Waals surface area contributed by atoms with E-state index in [2.05, 4.69) is 15.0 Å². The second kappa shape index (κ2) is 10.2. The number of carbonyl (C=O) groups is 2. The normalized spacial score (nSPS) is 13.3. The average Bonchev–Trinajstić information content (AvgIpc) is 3.51. The molecule has 1 aliphatic rings. The van der Waals surface area contributed by atoms with Gasteiger partial charge in [-0.3, -0.25) is 14.6 Å². The van der Waals surface area contributed by atoms with Crippen molar-refractivity contribution in [2.45, 2.75) is 32.2 Å². The molecule has 3 aromatic heterocycles. The highest BCUT2D eigenvalue weighted by molar-refractivity contribution is 5.95. The van der Waals surface area contributed by atoms with Gasteiger partial charge in [-0.05, 0) is 24.1 Å². The van der Waals surface area contributed by atoms with Crippen LogP contribution >= 0.6 is 0 Å². The minimum absolute atomic E-state index is 0.0218. The molecule has 1 aromatic carbocycles. The fourth-order valence-corrected chi connectivity index (χ4v) is 4.72. The van der Waals surface area contributed by atoms with Gasteiger partial charge in [0.1, 0.15) is 23.6 Å². The number of ketones is 1. The van der Waals surface area contributed by atoms with Crippen LogP contribution in [-0.2, 0) is 33.7 Å². The number of Topliss-reactive ketones (excluding diaryl/α,β-unsaturated/α-hetero) is 1. The number of nitrogens with zero attached hydrogens (tertiary/aromatic N) is 4. The number of aromatic nitrogens is 4. The number of halogens is 1. The number of hydrogen-bond donors (Lipinski definition) is 0. The van der Waals surface area contributed by atoms with Crippen LogP contribution in [0.15, 0.2) is 67.3 Å². The lowest BCUT2D eigenvalue weighted by Crippen LogP contribution is -2.22. The molecule has 0 amide bonds. The summed E-state index contributed by atoms with van der Waals surface area (Å²) in [6.07, 6.45) is 8.02. The van der Waals surface area contributed by atoms with Crippen LogP contribution in [0.5, 0.6) is 0 Å². The molecule has 0 spiro atoms. The fraction of sp³-hybridized carbons (Fsp3) is 0.250. The number of rotatable bonds is 9. The van der Waals surface area contributed by atoms with Crippen molar-refractivity contribution in [2.75, 3.05) is 7.11 Å². The summed E-state index contributed by atoms with van der Waals surface area (Å²) in [5.41, 5.74) is 4.79. The summed E-state index contributed by atoms with van der Waals surface area (Å²) >= 11 is 0. The number of esters is 1. The van der Waals surface area contributed by atoms with E-state index in [9.17, 15) is 14.0 Å². The summed E-state index contributed by atoms with van der Waals surface area (Å²) in [4.78, 5) is 38.2. The van der Waals surface area contributed by atoms with Crippen molar-refractivity contribution in [3.05, 3.63) is 95.6 Å². The van der Waals surface area contributed by atoms with E-state index in [0.717, 1.165) is 27.8 Å². The van der Waals surface area contributed by atoms with Gasteiger partial charge in [0.05, 0.1) is 30.6 Å². The first-order valence-electron chi connectivity index (χ1n) is 11.8. The summed E-state index contributed by atoms with van der Waals surface area (Å²) in [6, 6.07) is 13.0. The number of carbonyl (C=O) groups excluding carboxylic acids is 2. The predicted octanol–water partition coefficient (Wildman–Crippen LogP) is 4.33. The zero-order chi connectivity index (χ0) is 25.1. The molecule has 0 aliphatic heterocycles. The lowest BCUT2D eigenvalue weighted by molar-refractivity contribution is -0.147. The topological polar surface area (TPSA) is 87.0 Å². The van der Waals surface area contributed by atoms with Gasteiger partial charge >= 0.3 is 5.97 Å². The van der Waals surface area contributed by atoms with Crippen LogP contribution < -0.4 is 0 Å². The highest BCUT2D eigenvalue weighted by Gasteiger charge is 2.24. The minimum atomic E-state index is -0.524. The first kappa shape index (κ1) is 23.5. The molecule has 0 saturated heterocycles. The van der Waals surface area contributed by atoms with Gasteiger partial charge in [-0.2, -0.15) is 0 Å². The Morgan fingerprint density at radius 3 is 2.78 bits per heavy atom. The van der Waals surface area contributed by atoms with E-state index in [1.165, 1.54) is 25.7 Å². The third-order valence-electron chi connectivity index (χ3n) is 6.50. The molecule has 4 aromatic rings. The highest BCUT2D eigenvalue weighted by atomic mass is 19.1. The monoisotopic (exact) mass is 484 g/mol. The molecule has 0 N–H and O–H groups in total. The Balaban J connectivity index is 1.30. The van der Waals surface area contributed by atoms with Crippen LogP contribution in [0.1, 0.15) is 35.4 Å². The van der Waals surface area contributed by atoms with Gasteiger partial charge in [-0.1, -0.05) is 36.4 Å². The number of benzene rings is 1. The first-order chi connectivity index (χ1) is 17.5. The van der Waals surface area contributed by atoms with Gasteiger partial charge in [-0.15, -0.1) is 0 Å². The Labute approximate surface area is 207 Å². The summed E-state index contributed by atoms with van der Waals surface area (Å²) in [5, 5.41) is 0.824. The van der Waals surface area contributed by atoms with Gasteiger partial charge < -0.3 is 9.30 Å². The van der Waals surface area contributed by atoms with Crippen molar-refractivity contribution < 1.29 is 18.7 Å². The number of ether oxygens (including phenoxy) is 1. The lowest BCUT2D eigenvalue weighted by atomic mass is 9.93. The van der Waals surface area contributed by atoms with E-state index in [-0.39, 0.29) is 30.4 Å². The minimum Gasteiger partial charge on any atom is -0.469 e. The van der Waals surface area contributed by atoms with Crippen molar-refractivity contribution in [1.82, 2.24) is 19.5 Å². The van der Waals surface area contributed by atoms with Crippen LogP contribution in [0.2, 0.25) is 0 Å². The molecule has 8 heteroatoms. The lowest BCUT2D eigenvalue weighted by Gasteiger charge is -2.14. The van der Waals surface area contributed by atoms with Crippen LogP contribution in [0.25, 0.3) is 16.6 Å². The molecule has 182 valence electrons. The maximum absolute atomic E-state index is 13.8. The predicted molar refractivity (Wildman–Crippen MR) is 132 cm³/mol. The van der Waals surface area contributed by atoms with Crippen molar-refractivity contribution in [2.24, 2.45) is 5.92 Å². The molecular weight excluding hydrogens is 459 g/mol. The molecule has 7 nitrogen and oxygen atoms in total. The second-order valence-corrected chi connectivity index (χ2v) is 8.84. The molecule has 0 unspecified atom stereocenters. The molecule has 3 heterocycles. The molecule has 36 heavy (non-hydrogen) atoms. The number of aryl methyl sites for hydroxylation is 1. The molecule has 1 aliphatic carbocycles. The quantitative estimate of drug-likeness (QED) is 0.329. The number of hydrogen-bond acceptors (Lipinski definition) is 6. The third kappa shape index (κ3) is 4.79. The van der Waals surface area contributed by atoms with Crippen LogP contribution in [-0.4, -0.2) is 38.4 Å². The Kier molecular flexibility index (Phi) is 6.66. The van der Waals surface area contributed by atoms with E-state index >= 15 is 0 Å². The summed E-state index contributed by atoms with van der Waals surface area (Å²) in [6.45, 7) is 0.420. The first-order valence-corrected chi connectivity index (χ1v) is 11.8. The Hall–Kier alpha value is -4.20. The Morgan fingerprint density at radius 2 is 1.97 bits per heavy atom. The molecule has 0 saturated carbocycles. The largest absolute Gasteiger partial charge is 0.469 e. The molecule has 0 bridgehead atoms. The van der Waals surface area contributed by atoms with E-state index in [0.29, 0.717) is 30.7 Å². The van der Waals surface area contributed by atoms with Gasteiger partial charge in [0, 0.05) is 48.5 Å². The van der Waals surface area contributed by atoms with E-state index in [1.807, 2.05) is 53.2 Å². The maximum Gasteiger partial charge on any atom is 0.309 e. The number of fused-ring (bicyclic) bond motifs is 2. The highest BCUT2D eigenvalue weighted by Crippen LogP contribution is 2.34. The van der Waals surface area contributed by atoms with Crippen molar-refractivity contribution in [3.63, 3.8) is 0 Å². The van der Waals surface area contributed by atoms with E-state index in [1.54, 1.807) is 0 Å².